The third kappa shape index (κ3) is 12.8. The van der Waals surface area contributed by atoms with Crippen molar-refractivity contribution in [2.24, 2.45) is 0 Å². The van der Waals surface area contributed by atoms with Crippen molar-refractivity contribution in [1.29, 1.82) is 0 Å². The average Bonchev–Trinajstić information content (AvgIpc) is 3.13. The molecule has 0 bridgehead atoms. The molecular weight excluding hydrogens is 691 g/mol. The number of hydrogen-bond acceptors (Lipinski definition) is 7. The van der Waals surface area contributed by atoms with Crippen LogP contribution in [0.25, 0.3) is 0 Å². The Labute approximate surface area is 323 Å². The summed E-state index contributed by atoms with van der Waals surface area (Å²) in [6, 6.07) is 19.1. The molecule has 2 aliphatic carbocycles. The Kier molecular flexibility index (Phi) is 17.2. The van der Waals surface area contributed by atoms with Crippen molar-refractivity contribution in [1.82, 2.24) is 9.80 Å². The highest BCUT2D eigenvalue weighted by molar-refractivity contribution is 6.67. The van der Waals surface area contributed by atoms with Gasteiger partial charge in [0.25, 0.3) is 0 Å². The fourth-order valence-electron chi connectivity index (χ4n) is 9.00. The molecule has 0 spiro atoms. The number of carbonyl (C=O) groups is 2. The lowest BCUT2D eigenvalue weighted by atomic mass is 9.93. The van der Waals surface area contributed by atoms with Crippen LogP contribution in [0.1, 0.15) is 116 Å². The first-order chi connectivity index (χ1) is 25.4. The van der Waals surface area contributed by atoms with Crippen LogP contribution < -0.4 is 21.3 Å². The number of nitrogen functional groups attached to an aromatic ring is 1. The van der Waals surface area contributed by atoms with Gasteiger partial charge in [0.15, 0.2) is 0 Å². The predicted molar refractivity (Wildman–Crippen MR) is 220 cm³/mol. The van der Waals surface area contributed by atoms with Crippen molar-refractivity contribution < 1.29 is 9.59 Å². The van der Waals surface area contributed by atoms with Crippen LogP contribution in [0.3, 0.4) is 0 Å². The number of nitrogens with two attached hydrogens (primary N) is 1. The second-order valence-corrected chi connectivity index (χ2v) is 16.2. The minimum absolute atomic E-state index is 0.0957. The van der Waals surface area contributed by atoms with Crippen LogP contribution in [0.15, 0.2) is 48.5 Å². The van der Waals surface area contributed by atoms with E-state index in [1.54, 1.807) is 0 Å². The van der Waals surface area contributed by atoms with Gasteiger partial charge in [-0.05, 0) is 87.2 Å². The molecule has 2 saturated carbocycles. The lowest BCUT2D eigenvalue weighted by molar-refractivity contribution is -0.115. The normalized spacial score (nSPS) is 22.1. The summed E-state index contributed by atoms with van der Waals surface area (Å²) >= 11 is 9.55. The first kappa shape index (κ1) is 40.7. The largest absolute Gasteiger partial charge is 0.397 e. The molecule has 0 unspecified atom stereocenters. The number of anilines is 4. The van der Waals surface area contributed by atoms with Gasteiger partial charge in [0.2, 0.25) is 11.1 Å². The van der Waals surface area contributed by atoms with Gasteiger partial charge in [-0.2, -0.15) is 0 Å². The van der Waals surface area contributed by atoms with Crippen molar-refractivity contribution in [2.45, 2.75) is 140 Å². The number of benzene rings is 2. The number of fused-ring (bicyclic) bond motifs is 1. The van der Waals surface area contributed by atoms with Crippen LogP contribution in [0.2, 0.25) is 0 Å². The van der Waals surface area contributed by atoms with Crippen molar-refractivity contribution in [3.8, 4) is 0 Å². The summed E-state index contributed by atoms with van der Waals surface area (Å²) in [7, 11) is 0. The first-order valence-corrected chi connectivity index (χ1v) is 21.3. The van der Waals surface area contributed by atoms with Crippen molar-refractivity contribution in [3.63, 3.8) is 0 Å². The number of alkyl halides is 1. The van der Waals surface area contributed by atoms with E-state index in [4.69, 9.17) is 28.9 Å². The average molecular weight is 756 g/mol. The Morgan fingerprint density at radius 2 is 1.17 bits per heavy atom. The third-order valence-corrected chi connectivity index (χ3v) is 12.4. The minimum Gasteiger partial charge on any atom is -0.397 e. The fraction of sp³-hybridized carbons (Fsp3) is 0.667. The first-order valence-electron chi connectivity index (χ1n) is 20.4. The van der Waals surface area contributed by atoms with E-state index >= 15 is 0 Å². The number of likely N-dealkylation sites (tertiary alicyclic amines) is 2. The summed E-state index contributed by atoms with van der Waals surface area (Å²) in [5, 5.41) is 6.15. The van der Waals surface area contributed by atoms with E-state index in [0.717, 1.165) is 29.1 Å². The molecule has 0 atom stereocenters. The molecular formula is C42H64Cl2N6O2. The second kappa shape index (κ2) is 22.0. The number of hydrogen-bond donors (Lipinski definition) is 3. The number of halogens is 2. The molecule has 10 heteroatoms. The topological polar surface area (TPSA) is 93.9 Å². The summed E-state index contributed by atoms with van der Waals surface area (Å²) < 4.78 is 0. The summed E-state index contributed by atoms with van der Waals surface area (Å²) in [5.74, 6) is 0.0304. The summed E-state index contributed by atoms with van der Waals surface area (Å²) in [4.78, 5) is 29.4. The molecule has 7 rings (SSSR count). The Bertz CT molecular complexity index is 1350. The van der Waals surface area contributed by atoms with Gasteiger partial charge in [-0.3, -0.25) is 9.59 Å². The van der Waals surface area contributed by atoms with Gasteiger partial charge in [0.05, 0.1) is 35.2 Å². The molecule has 1 amide bonds. The number of amides is 1. The summed E-state index contributed by atoms with van der Waals surface area (Å²) in [5.41, 5.74) is 10.2. The van der Waals surface area contributed by atoms with Gasteiger partial charge >= 0.3 is 0 Å². The van der Waals surface area contributed by atoms with Gasteiger partial charge in [0, 0.05) is 50.3 Å². The third-order valence-electron chi connectivity index (χ3n) is 11.9. The van der Waals surface area contributed by atoms with E-state index in [0.29, 0.717) is 18.6 Å². The SMILES string of the molecule is Nc1ccccc1NC1CCN(C2CCCCCCC2)CC1.O=C(Cl)CCl.O=C1CN(C2CCN(C3CCCCCCC3)CC2)c2ccccc2N1. The quantitative estimate of drug-likeness (QED) is 0.154. The highest BCUT2D eigenvalue weighted by Crippen LogP contribution is 2.34. The molecule has 4 N–H and O–H groups in total. The smallest absolute Gasteiger partial charge is 0.243 e. The number of para-hydroxylation sites is 4. The molecule has 2 saturated heterocycles. The Morgan fingerprint density at radius 3 is 1.71 bits per heavy atom. The maximum atomic E-state index is 12.1. The molecule has 288 valence electrons. The Hall–Kier alpha value is -2.52. The molecule has 4 fully saturated rings. The maximum Gasteiger partial charge on any atom is 0.243 e. The lowest BCUT2D eigenvalue weighted by Crippen LogP contribution is -2.51. The van der Waals surface area contributed by atoms with Gasteiger partial charge in [-0.15, -0.1) is 11.6 Å². The molecule has 5 aliphatic rings. The molecule has 52 heavy (non-hydrogen) atoms. The van der Waals surface area contributed by atoms with Crippen LogP contribution in [-0.2, 0) is 9.59 Å². The Balaban J connectivity index is 0.000000179. The van der Waals surface area contributed by atoms with Crippen molar-refractivity contribution in [2.75, 3.05) is 59.9 Å². The van der Waals surface area contributed by atoms with E-state index in [1.165, 1.54) is 147 Å². The van der Waals surface area contributed by atoms with Gasteiger partial charge in [-0.1, -0.05) is 88.5 Å². The van der Waals surface area contributed by atoms with E-state index in [1.807, 2.05) is 24.3 Å². The monoisotopic (exact) mass is 754 g/mol. The second-order valence-electron chi connectivity index (χ2n) is 15.5. The zero-order valence-electron chi connectivity index (χ0n) is 31.4. The molecule has 2 aromatic carbocycles. The van der Waals surface area contributed by atoms with Crippen LogP contribution in [0.4, 0.5) is 22.7 Å². The number of rotatable bonds is 6. The van der Waals surface area contributed by atoms with Gasteiger partial charge in [-0.25, -0.2) is 0 Å². The van der Waals surface area contributed by atoms with E-state index < -0.39 is 5.24 Å². The summed E-state index contributed by atoms with van der Waals surface area (Å²) in [6.45, 7) is 5.38. The number of nitrogens with zero attached hydrogens (tertiary/aromatic N) is 3. The molecule has 2 aromatic rings. The van der Waals surface area contributed by atoms with Crippen LogP contribution in [0, 0.1) is 0 Å². The summed E-state index contributed by atoms with van der Waals surface area (Å²) in [6.07, 6.45) is 24.8. The zero-order valence-corrected chi connectivity index (χ0v) is 32.9. The van der Waals surface area contributed by atoms with E-state index in [-0.39, 0.29) is 11.8 Å². The predicted octanol–water partition coefficient (Wildman–Crippen LogP) is 9.27. The van der Waals surface area contributed by atoms with Crippen LogP contribution in [-0.4, -0.2) is 83.7 Å². The highest BCUT2D eigenvalue weighted by Gasteiger charge is 2.32. The molecule has 0 aromatic heterocycles. The number of carbonyl (C=O) groups excluding carboxylic acids is 2. The molecule has 3 aliphatic heterocycles. The number of piperidine rings is 2. The zero-order chi connectivity index (χ0) is 36.5. The minimum atomic E-state index is -0.508. The fourth-order valence-corrected chi connectivity index (χ4v) is 9.00. The van der Waals surface area contributed by atoms with Crippen molar-refractivity contribution in [3.05, 3.63) is 48.5 Å². The van der Waals surface area contributed by atoms with E-state index in [9.17, 15) is 9.59 Å². The molecule has 3 heterocycles. The van der Waals surface area contributed by atoms with Crippen LogP contribution >= 0.6 is 23.2 Å². The van der Waals surface area contributed by atoms with Crippen molar-refractivity contribution >= 4 is 57.1 Å². The highest BCUT2D eigenvalue weighted by atomic mass is 35.5. The molecule has 8 nitrogen and oxygen atoms in total. The maximum absolute atomic E-state index is 12.1. The lowest BCUT2D eigenvalue weighted by Gasteiger charge is -2.44. The standard InChI is InChI=1S/C21H31N3O.C19H31N3.C2H2Cl2O/c25-21-16-24(20-11-7-6-10-19(20)22-21)18-12-14-23(15-13-18)17-8-4-2-1-3-5-9-17;20-18-10-6-7-11-19(18)21-16-12-14-22(15-13-16)17-8-4-2-1-3-5-9-17;3-1-2(4)5/h6-7,10-11,17-18H,1-5,8-9,12-16H2,(H,22,25);6-7,10-11,16-17,21H,1-5,8-9,12-15,20H2;1H2. The van der Waals surface area contributed by atoms with Gasteiger partial charge < -0.3 is 31.1 Å². The molecule has 0 radical (unpaired) electrons. The van der Waals surface area contributed by atoms with E-state index in [2.05, 4.69) is 49.6 Å². The number of nitrogens with one attached hydrogen (secondary N) is 2. The van der Waals surface area contributed by atoms with Gasteiger partial charge in [0.1, 0.15) is 0 Å². The van der Waals surface area contributed by atoms with Crippen LogP contribution in [0.5, 0.6) is 0 Å². The Morgan fingerprint density at radius 1 is 0.692 bits per heavy atom.